The van der Waals surface area contributed by atoms with Crippen LogP contribution in [0.25, 0.3) is 0 Å². The van der Waals surface area contributed by atoms with Crippen molar-refractivity contribution in [3.63, 3.8) is 0 Å². The number of esters is 1. The summed E-state index contributed by atoms with van der Waals surface area (Å²) in [6.45, 7) is 15.7. The van der Waals surface area contributed by atoms with Crippen LogP contribution in [0.5, 0.6) is 0 Å². The predicted molar refractivity (Wildman–Crippen MR) is 112 cm³/mol. The Morgan fingerprint density at radius 2 is 1.79 bits per heavy atom. The van der Waals surface area contributed by atoms with E-state index in [1.807, 2.05) is 39.2 Å². The third-order valence-electron chi connectivity index (χ3n) is 5.25. The summed E-state index contributed by atoms with van der Waals surface area (Å²) < 4.78 is 7.03. The second kappa shape index (κ2) is 8.59. The SMILES string of the molecule is CCOC(=O)c1c(C)c(C(=O)C(C)N(C(=O)NC(C)(C)C)C2CC2)c(C)n1CC. The van der Waals surface area contributed by atoms with Gasteiger partial charge in [0, 0.05) is 29.4 Å². The summed E-state index contributed by atoms with van der Waals surface area (Å²) in [5, 5.41) is 2.98. The fourth-order valence-corrected chi connectivity index (χ4v) is 3.85. The molecule has 0 aromatic carbocycles. The van der Waals surface area contributed by atoms with Crippen LogP contribution in [0.1, 0.15) is 86.5 Å². The van der Waals surface area contributed by atoms with E-state index in [1.165, 1.54) is 0 Å². The maximum Gasteiger partial charge on any atom is 0.355 e. The first-order valence-corrected chi connectivity index (χ1v) is 10.5. The highest BCUT2D eigenvalue weighted by atomic mass is 16.5. The van der Waals surface area contributed by atoms with Crippen LogP contribution >= 0.6 is 0 Å². The molecule has 1 atom stereocenters. The summed E-state index contributed by atoms with van der Waals surface area (Å²) in [7, 11) is 0. The molecule has 0 radical (unpaired) electrons. The monoisotopic (exact) mass is 405 g/mol. The van der Waals surface area contributed by atoms with Crippen LogP contribution < -0.4 is 5.32 Å². The second-order valence-corrected chi connectivity index (χ2v) is 8.76. The molecule has 1 unspecified atom stereocenters. The molecule has 1 aliphatic carbocycles. The number of ketones is 1. The minimum atomic E-state index is -0.620. The molecule has 1 heterocycles. The third kappa shape index (κ3) is 4.82. The molecule has 1 N–H and O–H groups in total. The van der Waals surface area contributed by atoms with E-state index >= 15 is 0 Å². The maximum absolute atomic E-state index is 13.5. The molecular weight excluding hydrogens is 370 g/mol. The van der Waals surface area contributed by atoms with Crippen LogP contribution in [-0.4, -0.2) is 51.5 Å². The lowest BCUT2D eigenvalue weighted by Crippen LogP contribution is -2.54. The van der Waals surface area contributed by atoms with Crippen molar-refractivity contribution >= 4 is 17.8 Å². The minimum Gasteiger partial charge on any atom is -0.461 e. The summed E-state index contributed by atoms with van der Waals surface area (Å²) in [6.07, 6.45) is 1.80. The van der Waals surface area contributed by atoms with Gasteiger partial charge in [-0.05, 0) is 73.8 Å². The number of nitrogens with one attached hydrogen (secondary N) is 1. The van der Waals surface area contributed by atoms with E-state index in [1.54, 1.807) is 25.7 Å². The quantitative estimate of drug-likeness (QED) is 0.552. The summed E-state index contributed by atoms with van der Waals surface area (Å²) in [4.78, 5) is 40.6. The van der Waals surface area contributed by atoms with Crippen molar-refractivity contribution in [3.05, 3.63) is 22.5 Å². The number of carbonyl (C=O) groups is 3. The summed E-state index contributed by atoms with van der Waals surface area (Å²) in [6, 6.07) is -0.767. The van der Waals surface area contributed by atoms with Crippen molar-refractivity contribution in [2.75, 3.05) is 6.61 Å². The van der Waals surface area contributed by atoms with Gasteiger partial charge in [-0.25, -0.2) is 9.59 Å². The van der Waals surface area contributed by atoms with Gasteiger partial charge in [0.25, 0.3) is 0 Å². The van der Waals surface area contributed by atoms with Gasteiger partial charge in [0.05, 0.1) is 12.6 Å². The standard InChI is InChI=1S/C22H35N3O4/c1-9-24-14(4)17(13(3)18(24)20(27)29-10-2)19(26)15(5)25(16-11-12-16)21(28)23-22(6,7)8/h15-16H,9-12H2,1-8H3,(H,23,28). The number of ether oxygens (including phenoxy) is 1. The molecule has 1 saturated carbocycles. The Balaban J connectivity index is 2.42. The molecule has 7 nitrogen and oxygen atoms in total. The molecule has 7 heteroatoms. The Morgan fingerprint density at radius 1 is 1.21 bits per heavy atom. The van der Waals surface area contributed by atoms with Crippen molar-refractivity contribution in [1.82, 2.24) is 14.8 Å². The highest BCUT2D eigenvalue weighted by Gasteiger charge is 2.41. The number of carbonyl (C=O) groups excluding carboxylic acids is 3. The van der Waals surface area contributed by atoms with Crippen molar-refractivity contribution in [3.8, 4) is 0 Å². The molecule has 0 spiro atoms. The third-order valence-corrected chi connectivity index (χ3v) is 5.25. The van der Waals surface area contributed by atoms with E-state index in [9.17, 15) is 14.4 Å². The van der Waals surface area contributed by atoms with Crippen LogP contribution in [0.2, 0.25) is 0 Å². The van der Waals surface area contributed by atoms with Gasteiger partial charge in [-0.2, -0.15) is 0 Å². The van der Waals surface area contributed by atoms with E-state index < -0.39 is 12.0 Å². The molecule has 0 saturated heterocycles. The van der Waals surface area contributed by atoms with E-state index in [0.717, 1.165) is 18.5 Å². The topological polar surface area (TPSA) is 80.6 Å². The van der Waals surface area contributed by atoms with Gasteiger partial charge >= 0.3 is 12.0 Å². The molecule has 1 aliphatic rings. The van der Waals surface area contributed by atoms with Crippen molar-refractivity contribution in [1.29, 1.82) is 0 Å². The van der Waals surface area contributed by atoms with Gasteiger partial charge in [-0.1, -0.05) is 0 Å². The van der Waals surface area contributed by atoms with Crippen LogP contribution in [0.4, 0.5) is 4.79 Å². The molecule has 1 aromatic rings. The highest BCUT2D eigenvalue weighted by molar-refractivity contribution is 6.06. The minimum absolute atomic E-state index is 0.0784. The maximum atomic E-state index is 13.5. The highest BCUT2D eigenvalue weighted by Crippen LogP contribution is 2.32. The first kappa shape index (κ1) is 23.0. The smallest absolute Gasteiger partial charge is 0.355 e. The first-order chi connectivity index (χ1) is 13.4. The van der Waals surface area contributed by atoms with E-state index in [2.05, 4.69) is 5.32 Å². The lowest BCUT2D eigenvalue weighted by Gasteiger charge is -2.32. The molecule has 1 aromatic heterocycles. The molecular formula is C22H35N3O4. The van der Waals surface area contributed by atoms with E-state index in [4.69, 9.17) is 4.74 Å². The first-order valence-electron chi connectivity index (χ1n) is 10.5. The molecule has 29 heavy (non-hydrogen) atoms. The normalized spacial score (nSPS) is 15.0. The summed E-state index contributed by atoms with van der Waals surface area (Å²) in [5.41, 5.74) is 1.89. The van der Waals surface area contributed by atoms with Gasteiger partial charge in [0.15, 0.2) is 5.78 Å². The second-order valence-electron chi connectivity index (χ2n) is 8.76. The number of Topliss-reactive ketones (excluding diaryl/α,β-unsaturated/α-hetero) is 1. The average Bonchev–Trinajstić information content (AvgIpc) is 3.38. The molecule has 1 fully saturated rings. The lowest BCUT2D eigenvalue weighted by molar-refractivity contribution is 0.0512. The van der Waals surface area contributed by atoms with Crippen LogP contribution in [-0.2, 0) is 11.3 Å². The Hall–Kier alpha value is -2.31. The number of urea groups is 1. The zero-order valence-corrected chi connectivity index (χ0v) is 19.0. The number of aromatic nitrogens is 1. The Morgan fingerprint density at radius 3 is 2.24 bits per heavy atom. The van der Waals surface area contributed by atoms with Gasteiger partial charge < -0.3 is 19.5 Å². The number of rotatable bonds is 7. The Labute approximate surface area is 173 Å². The zero-order chi connectivity index (χ0) is 22.1. The fraction of sp³-hybridized carbons (Fsp3) is 0.682. The summed E-state index contributed by atoms with van der Waals surface area (Å²) >= 11 is 0. The van der Waals surface area contributed by atoms with Crippen molar-refractivity contribution < 1.29 is 19.1 Å². The van der Waals surface area contributed by atoms with E-state index in [-0.39, 0.29) is 30.0 Å². The van der Waals surface area contributed by atoms with Crippen molar-refractivity contribution in [2.45, 2.75) is 92.4 Å². The largest absolute Gasteiger partial charge is 0.461 e. The molecule has 2 amide bonds. The number of nitrogens with zero attached hydrogens (tertiary/aromatic N) is 2. The van der Waals surface area contributed by atoms with Gasteiger partial charge in [0.1, 0.15) is 5.69 Å². The van der Waals surface area contributed by atoms with Crippen LogP contribution in [0.15, 0.2) is 0 Å². The molecule has 162 valence electrons. The van der Waals surface area contributed by atoms with Crippen LogP contribution in [0.3, 0.4) is 0 Å². The number of hydrogen-bond acceptors (Lipinski definition) is 4. The molecule has 2 rings (SSSR count). The zero-order valence-electron chi connectivity index (χ0n) is 19.0. The average molecular weight is 406 g/mol. The molecule has 0 aliphatic heterocycles. The van der Waals surface area contributed by atoms with Gasteiger partial charge in [-0.3, -0.25) is 4.79 Å². The Kier molecular flexibility index (Phi) is 6.81. The summed E-state index contributed by atoms with van der Waals surface area (Å²) in [5.74, 6) is -0.570. The van der Waals surface area contributed by atoms with Gasteiger partial charge in [-0.15, -0.1) is 0 Å². The fourth-order valence-electron chi connectivity index (χ4n) is 3.85. The lowest BCUT2D eigenvalue weighted by atomic mass is 9.99. The number of hydrogen-bond donors (Lipinski definition) is 1. The van der Waals surface area contributed by atoms with Gasteiger partial charge in [0.2, 0.25) is 0 Å². The van der Waals surface area contributed by atoms with Crippen molar-refractivity contribution in [2.24, 2.45) is 0 Å². The predicted octanol–water partition coefficient (Wildman–Crippen LogP) is 3.85. The van der Waals surface area contributed by atoms with Crippen LogP contribution in [0, 0.1) is 13.8 Å². The molecule has 0 bridgehead atoms. The Bertz CT molecular complexity index is 800. The number of amides is 2. The van der Waals surface area contributed by atoms with E-state index in [0.29, 0.717) is 23.4 Å².